The number of hydrogen-bond acceptors (Lipinski definition) is 2. The molecule has 0 fully saturated rings. The van der Waals surface area contributed by atoms with Crippen LogP contribution in [0.4, 0.5) is 5.69 Å². The molecule has 0 saturated heterocycles. The van der Waals surface area contributed by atoms with Crippen molar-refractivity contribution in [2.24, 2.45) is 0 Å². The Balaban J connectivity index is 1.80. The Bertz CT molecular complexity index is 911. The van der Waals surface area contributed by atoms with E-state index in [0.717, 1.165) is 24.8 Å². The second-order valence-corrected chi connectivity index (χ2v) is 5.83. The van der Waals surface area contributed by atoms with Gasteiger partial charge in [0.25, 0.3) is 5.91 Å². The number of hydrogen-bond donors (Lipinski definition) is 2. The fraction of sp³-hybridized carbons (Fsp3) is 0.200. The summed E-state index contributed by atoms with van der Waals surface area (Å²) in [6.45, 7) is 2.16. The van der Waals surface area contributed by atoms with Gasteiger partial charge in [0.1, 0.15) is 5.56 Å². The van der Waals surface area contributed by atoms with Crippen molar-refractivity contribution >= 4 is 22.5 Å². The van der Waals surface area contributed by atoms with Gasteiger partial charge in [0.15, 0.2) is 0 Å². The standard InChI is InChI=1S/C20H20N2O2/c1-2-3-6-14-9-11-15(12-10-14)22-20(24)17-13-21-18-8-5-4-7-16(18)19(17)23/h4-5,7-13H,2-3,6H2,1H3,(H,21,23)(H,22,24). The normalized spacial score (nSPS) is 10.7. The average molecular weight is 320 g/mol. The summed E-state index contributed by atoms with van der Waals surface area (Å²) < 4.78 is 0. The molecule has 0 saturated carbocycles. The van der Waals surface area contributed by atoms with Gasteiger partial charge in [-0.2, -0.15) is 0 Å². The van der Waals surface area contributed by atoms with Crippen molar-refractivity contribution in [3.05, 3.63) is 76.1 Å². The molecular weight excluding hydrogens is 300 g/mol. The number of carbonyl (C=O) groups is 1. The fourth-order valence-electron chi connectivity index (χ4n) is 2.67. The number of anilines is 1. The topological polar surface area (TPSA) is 62.0 Å². The van der Waals surface area contributed by atoms with E-state index in [-0.39, 0.29) is 11.0 Å². The van der Waals surface area contributed by atoms with Crippen molar-refractivity contribution in [2.75, 3.05) is 5.32 Å². The second-order valence-electron chi connectivity index (χ2n) is 5.83. The number of benzene rings is 2. The molecule has 0 radical (unpaired) electrons. The number of fused-ring (bicyclic) bond motifs is 1. The van der Waals surface area contributed by atoms with Gasteiger partial charge < -0.3 is 10.3 Å². The van der Waals surface area contributed by atoms with Gasteiger partial charge in [-0.15, -0.1) is 0 Å². The first kappa shape index (κ1) is 16.0. The lowest BCUT2D eigenvalue weighted by atomic mass is 10.1. The Morgan fingerprint density at radius 3 is 2.58 bits per heavy atom. The van der Waals surface area contributed by atoms with Crippen LogP contribution in [0.2, 0.25) is 0 Å². The molecule has 0 bridgehead atoms. The van der Waals surface area contributed by atoms with Gasteiger partial charge in [-0.1, -0.05) is 37.6 Å². The maximum absolute atomic E-state index is 12.5. The third-order valence-electron chi connectivity index (χ3n) is 4.06. The van der Waals surface area contributed by atoms with Gasteiger partial charge in [-0.05, 0) is 42.7 Å². The van der Waals surface area contributed by atoms with Crippen molar-refractivity contribution < 1.29 is 4.79 Å². The number of rotatable bonds is 5. The second kappa shape index (κ2) is 7.13. The molecule has 2 N–H and O–H groups in total. The molecule has 4 heteroatoms. The lowest BCUT2D eigenvalue weighted by Gasteiger charge is -2.07. The number of carbonyl (C=O) groups excluding carboxylic acids is 1. The predicted molar refractivity (Wildman–Crippen MR) is 97.6 cm³/mol. The number of amides is 1. The summed E-state index contributed by atoms with van der Waals surface area (Å²) in [5.74, 6) is -0.400. The van der Waals surface area contributed by atoms with Gasteiger partial charge in [-0.25, -0.2) is 0 Å². The number of para-hydroxylation sites is 1. The minimum Gasteiger partial charge on any atom is -0.360 e. The molecule has 1 amide bonds. The molecule has 0 aliphatic heterocycles. The molecule has 1 aromatic heterocycles. The van der Waals surface area contributed by atoms with E-state index in [4.69, 9.17) is 0 Å². The molecule has 0 atom stereocenters. The molecule has 24 heavy (non-hydrogen) atoms. The van der Waals surface area contributed by atoms with Gasteiger partial charge in [-0.3, -0.25) is 9.59 Å². The van der Waals surface area contributed by atoms with E-state index in [2.05, 4.69) is 17.2 Å². The fourth-order valence-corrected chi connectivity index (χ4v) is 2.67. The SMILES string of the molecule is CCCCc1ccc(NC(=O)c2c[nH]c3ccccc3c2=O)cc1. The quantitative estimate of drug-likeness (QED) is 0.742. The number of aryl methyl sites for hydroxylation is 1. The van der Waals surface area contributed by atoms with Crippen LogP contribution in [-0.2, 0) is 6.42 Å². The Morgan fingerprint density at radius 2 is 1.83 bits per heavy atom. The third-order valence-corrected chi connectivity index (χ3v) is 4.06. The van der Waals surface area contributed by atoms with Crippen LogP contribution in [0.25, 0.3) is 10.9 Å². The van der Waals surface area contributed by atoms with Crippen molar-refractivity contribution in [3.63, 3.8) is 0 Å². The summed E-state index contributed by atoms with van der Waals surface area (Å²) >= 11 is 0. The third kappa shape index (κ3) is 3.38. The monoisotopic (exact) mass is 320 g/mol. The minimum atomic E-state index is -0.400. The molecule has 2 aromatic carbocycles. The van der Waals surface area contributed by atoms with Crippen LogP contribution >= 0.6 is 0 Å². The van der Waals surface area contributed by atoms with E-state index >= 15 is 0 Å². The molecule has 0 unspecified atom stereocenters. The number of unbranched alkanes of at least 4 members (excludes halogenated alkanes) is 1. The van der Waals surface area contributed by atoms with Crippen molar-refractivity contribution in [1.29, 1.82) is 0 Å². The Morgan fingerprint density at radius 1 is 1.08 bits per heavy atom. The van der Waals surface area contributed by atoms with Crippen molar-refractivity contribution in [1.82, 2.24) is 4.98 Å². The van der Waals surface area contributed by atoms with Gasteiger partial charge >= 0.3 is 0 Å². The van der Waals surface area contributed by atoms with Crippen LogP contribution < -0.4 is 10.7 Å². The van der Waals surface area contributed by atoms with Crippen LogP contribution in [-0.4, -0.2) is 10.9 Å². The number of aromatic nitrogens is 1. The highest BCUT2D eigenvalue weighted by Gasteiger charge is 2.13. The van der Waals surface area contributed by atoms with Gasteiger partial charge in [0.05, 0.1) is 0 Å². The summed E-state index contributed by atoms with van der Waals surface area (Å²) in [7, 11) is 0. The smallest absolute Gasteiger partial charge is 0.261 e. The van der Waals surface area contributed by atoms with E-state index in [1.165, 1.54) is 11.8 Å². The first-order valence-electron chi connectivity index (χ1n) is 8.19. The van der Waals surface area contributed by atoms with Crippen LogP contribution in [0.1, 0.15) is 35.7 Å². The summed E-state index contributed by atoms with van der Waals surface area (Å²) in [6, 6.07) is 14.9. The maximum atomic E-state index is 12.5. The van der Waals surface area contributed by atoms with Crippen LogP contribution in [0, 0.1) is 0 Å². The number of aromatic amines is 1. The molecule has 1 heterocycles. The molecule has 0 aliphatic rings. The van der Waals surface area contributed by atoms with E-state index in [1.54, 1.807) is 12.1 Å². The lowest BCUT2D eigenvalue weighted by molar-refractivity contribution is 0.102. The van der Waals surface area contributed by atoms with Gasteiger partial charge in [0.2, 0.25) is 5.43 Å². The zero-order chi connectivity index (χ0) is 16.9. The number of pyridine rings is 1. The highest BCUT2D eigenvalue weighted by atomic mass is 16.2. The number of H-pyrrole nitrogens is 1. The highest BCUT2D eigenvalue weighted by Crippen LogP contribution is 2.13. The Hall–Kier alpha value is -2.88. The van der Waals surface area contributed by atoms with Crippen molar-refractivity contribution in [2.45, 2.75) is 26.2 Å². The highest BCUT2D eigenvalue weighted by molar-refractivity contribution is 6.05. The van der Waals surface area contributed by atoms with E-state index in [9.17, 15) is 9.59 Å². The molecular formula is C20H20N2O2. The van der Waals surface area contributed by atoms with Crippen LogP contribution in [0.15, 0.2) is 59.5 Å². The largest absolute Gasteiger partial charge is 0.360 e. The summed E-state index contributed by atoms with van der Waals surface area (Å²) in [4.78, 5) is 27.9. The first-order chi connectivity index (χ1) is 11.7. The predicted octanol–water partition coefficient (Wildman–Crippen LogP) is 4.12. The summed E-state index contributed by atoms with van der Waals surface area (Å²) in [5, 5.41) is 3.30. The van der Waals surface area contributed by atoms with Crippen molar-refractivity contribution in [3.8, 4) is 0 Å². The molecule has 122 valence electrons. The molecule has 0 spiro atoms. The Labute approximate surface area is 140 Å². The van der Waals surface area contributed by atoms with E-state index in [0.29, 0.717) is 11.1 Å². The van der Waals surface area contributed by atoms with E-state index in [1.807, 2.05) is 36.4 Å². The van der Waals surface area contributed by atoms with Crippen LogP contribution in [0.3, 0.4) is 0 Å². The summed E-state index contributed by atoms with van der Waals surface area (Å²) in [5.41, 5.74) is 2.51. The number of nitrogens with one attached hydrogen (secondary N) is 2. The molecule has 0 aliphatic carbocycles. The molecule has 4 nitrogen and oxygen atoms in total. The Kier molecular flexibility index (Phi) is 4.75. The summed E-state index contributed by atoms with van der Waals surface area (Å²) in [6.07, 6.45) is 4.81. The zero-order valence-electron chi connectivity index (χ0n) is 13.6. The zero-order valence-corrected chi connectivity index (χ0v) is 13.6. The average Bonchev–Trinajstić information content (AvgIpc) is 2.61. The molecule has 3 aromatic rings. The first-order valence-corrected chi connectivity index (χ1v) is 8.19. The van der Waals surface area contributed by atoms with Gasteiger partial charge in [0, 0.05) is 22.8 Å². The molecule has 3 rings (SSSR count). The van der Waals surface area contributed by atoms with Crippen LogP contribution in [0.5, 0.6) is 0 Å². The van der Waals surface area contributed by atoms with E-state index < -0.39 is 5.91 Å². The maximum Gasteiger partial charge on any atom is 0.261 e. The minimum absolute atomic E-state index is 0.115. The lowest BCUT2D eigenvalue weighted by Crippen LogP contribution is -2.21.